The number of benzene rings is 3. The van der Waals surface area contributed by atoms with Crippen molar-refractivity contribution in [3.8, 4) is 11.1 Å². The fourth-order valence-corrected chi connectivity index (χ4v) is 4.38. The van der Waals surface area contributed by atoms with E-state index in [1.165, 1.54) is 6.07 Å². The number of nitrogen functional groups attached to an aromatic ring is 1. The van der Waals surface area contributed by atoms with Gasteiger partial charge in [-0.05, 0) is 49.2 Å². The summed E-state index contributed by atoms with van der Waals surface area (Å²) in [5.74, 6) is -0.231. The summed E-state index contributed by atoms with van der Waals surface area (Å²) in [6, 6.07) is 20.8. The van der Waals surface area contributed by atoms with Crippen LogP contribution in [0, 0.1) is 5.41 Å². The van der Waals surface area contributed by atoms with Crippen molar-refractivity contribution < 1.29 is 13.2 Å². The molecule has 0 aliphatic carbocycles. The number of carbonyl (C=O) groups is 1. The Labute approximate surface area is 200 Å². The molecular weight excluding hydrogens is 450 g/mol. The predicted octanol–water partition coefficient (Wildman–Crippen LogP) is 3.53. The average Bonchev–Trinajstić information content (AvgIpc) is 2.82. The van der Waals surface area contributed by atoms with E-state index in [9.17, 15) is 13.2 Å². The largest absolute Gasteiger partial charge is 0.384 e. The molecule has 1 unspecified atom stereocenters. The minimum absolute atomic E-state index is 0.0282. The number of nitrogens with two attached hydrogens (primary N) is 2. The number of amidine groups is 1. The van der Waals surface area contributed by atoms with Crippen LogP contribution in [0.3, 0.4) is 0 Å². The predicted molar refractivity (Wildman–Crippen MR) is 136 cm³/mol. The molecule has 0 aliphatic heterocycles. The second-order valence-electron chi connectivity index (χ2n) is 8.02. The second-order valence-corrected chi connectivity index (χ2v) is 9.55. The van der Waals surface area contributed by atoms with Crippen molar-refractivity contribution in [3.05, 3.63) is 78.4 Å². The maximum Gasteiger partial charge on any atom is 0.243 e. The van der Waals surface area contributed by atoms with Gasteiger partial charge in [0.05, 0.1) is 11.4 Å². The van der Waals surface area contributed by atoms with Crippen LogP contribution in [0.4, 0.5) is 11.4 Å². The van der Waals surface area contributed by atoms with Crippen molar-refractivity contribution in [1.82, 2.24) is 0 Å². The van der Waals surface area contributed by atoms with Crippen LogP contribution in [0.1, 0.15) is 25.8 Å². The second kappa shape index (κ2) is 10.5. The monoisotopic (exact) mass is 479 g/mol. The summed E-state index contributed by atoms with van der Waals surface area (Å²) in [6.45, 7) is 4.19. The first kappa shape index (κ1) is 24.9. The molecule has 3 rings (SSSR count). The van der Waals surface area contributed by atoms with Crippen molar-refractivity contribution >= 4 is 33.1 Å². The Morgan fingerprint density at radius 2 is 1.74 bits per heavy atom. The molecule has 0 bridgehead atoms. The first-order valence-electron chi connectivity index (χ1n) is 10.8. The smallest absolute Gasteiger partial charge is 0.243 e. The molecule has 8 nitrogen and oxygen atoms in total. The van der Waals surface area contributed by atoms with Gasteiger partial charge < -0.3 is 16.0 Å². The summed E-state index contributed by atoms with van der Waals surface area (Å²) in [6.07, 6.45) is 0.829. The maximum absolute atomic E-state index is 12.9. The molecule has 1 amide bonds. The highest BCUT2D eigenvalue weighted by Crippen LogP contribution is 2.27. The number of carbonyl (C=O) groups excluding carboxylic acids is 1. The molecule has 0 fully saturated rings. The lowest BCUT2D eigenvalue weighted by Gasteiger charge is -2.30. The van der Waals surface area contributed by atoms with Crippen LogP contribution in [0.25, 0.3) is 11.1 Å². The molecule has 0 saturated heterocycles. The van der Waals surface area contributed by atoms with Crippen LogP contribution in [-0.2, 0) is 14.8 Å². The number of primary sulfonamides is 1. The number of nitrogens with one attached hydrogen (secondary N) is 2. The van der Waals surface area contributed by atoms with E-state index in [2.05, 4.69) is 5.32 Å². The van der Waals surface area contributed by atoms with E-state index in [0.29, 0.717) is 22.4 Å². The number of rotatable bonds is 9. The van der Waals surface area contributed by atoms with E-state index < -0.39 is 10.0 Å². The number of amides is 1. The molecule has 0 heterocycles. The van der Waals surface area contributed by atoms with E-state index in [0.717, 1.165) is 12.1 Å². The van der Waals surface area contributed by atoms with Gasteiger partial charge in [-0.2, -0.15) is 0 Å². The zero-order valence-electron chi connectivity index (χ0n) is 19.2. The third-order valence-electron chi connectivity index (χ3n) is 5.60. The molecule has 9 heteroatoms. The molecule has 0 aliphatic rings. The van der Waals surface area contributed by atoms with Gasteiger partial charge in [0.25, 0.3) is 0 Å². The Hall–Kier alpha value is -3.69. The first-order chi connectivity index (χ1) is 16.1. The van der Waals surface area contributed by atoms with Crippen LogP contribution >= 0.6 is 0 Å². The van der Waals surface area contributed by atoms with Crippen molar-refractivity contribution in [1.29, 1.82) is 5.41 Å². The fourth-order valence-electron chi connectivity index (χ4n) is 3.62. The Morgan fingerprint density at radius 3 is 2.35 bits per heavy atom. The summed E-state index contributed by atoms with van der Waals surface area (Å²) < 4.78 is 23.8. The summed E-state index contributed by atoms with van der Waals surface area (Å²) in [7, 11) is -3.87. The zero-order valence-corrected chi connectivity index (χ0v) is 20.0. The standard InChI is InChI=1S/C25H29N5O3S/c1-3-17(2)30(21-8-6-7-19(15-21)25(26)27)16-24(31)29-20-13-11-18(12-14-20)22-9-4-5-10-23(22)34(28,32)33/h4-15,17H,3,16H2,1-2H3,(H3,26,27)(H,29,31)(H2,28,32,33). The minimum Gasteiger partial charge on any atom is -0.384 e. The summed E-state index contributed by atoms with van der Waals surface area (Å²) in [5, 5.41) is 15.9. The number of hydrogen-bond acceptors (Lipinski definition) is 5. The average molecular weight is 480 g/mol. The highest BCUT2D eigenvalue weighted by molar-refractivity contribution is 7.89. The minimum atomic E-state index is -3.87. The molecule has 0 spiro atoms. The molecule has 3 aromatic carbocycles. The van der Waals surface area contributed by atoms with Crippen LogP contribution in [0.15, 0.2) is 77.7 Å². The number of sulfonamides is 1. The Bertz CT molecular complexity index is 1290. The van der Waals surface area contributed by atoms with E-state index in [1.54, 1.807) is 54.6 Å². The zero-order chi connectivity index (χ0) is 24.9. The normalized spacial score (nSPS) is 12.1. The van der Waals surface area contributed by atoms with Crippen molar-refractivity contribution in [2.24, 2.45) is 10.9 Å². The molecule has 0 radical (unpaired) electrons. The van der Waals surface area contributed by atoms with E-state index in [-0.39, 0.29) is 29.2 Å². The molecule has 178 valence electrons. The quantitative estimate of drug-likeness (QED) is 0.274. The maximum atomic E-state index is 12.9. The molecule has 0 aromatic heterocycles. The van der Waals surface area contributed by atoms with Crippen molar-refractivity contribution in [2.45, 2.75) is 31.2 Å². The van der Waals surface area contributed by atoms with Gasteiger partial charge in [0.1, 0.15) is 5.84 Å². The topological polar surface area (TPSA) is 142 Å². The molecule has 34 heavy (non-hydrogen) atoms. The lowest BCUT2D eigenvalue weighted by atomic mass is 10.1. The fraction of sp³-hybridized carbons (Fsp3) is 0.200. The van der Waals surface area contributed by atoms with Gasteiger partial charge >= 0.3 is 0 Å². The molecular formula is C25H29N5O3S. The number of anilines is 2. The van der Waals surface area contributed by atoms with Gasteiger partial charge in [0.15, 0.2) is 0 Å². The van der Waals surface area contributed by atoms with Gasteiger partial charge in [-0.3, -0.25) is 10.2 Å². The van der Waals surface area contributed by atoms with E-state index in [1.807, 2.05) is 30.9 Å². The van der Waals surface area contributed by atoms with Crippen molar-refractivity contribution in [3.63, 3.8) is 0 Å². The summed E-state index contributed by atoms with van der Waals surface area (Å²) in [4.78, 5) is 14.9. The van der Waals surface area contributed by atoms with Gasteiger partial charge in [-0.25, -0.2) is 13.6 Å². The third-order valence-corrected chi connectivity index (χ3v) is 6.57. The number of hydrogen-bond donors (Lipinski definition) is 4. The Kier molecular flexibility index (Phi) is 7.70. The van der Waals surface area contributed by atoms with Gasteiger partial charge in [-0.1, -0.05) is 49.4 Å². The van der Waals surface area contributed by atoms with E-state index >= 15 is 0 Å². The Morgan fingerprint density at radius 1 is 1.06 bits per heavy atom. The lowest BCUT2D eigenvalue weighted by molar-refractivity contribution is -0.115. The lowest BCUT2D eigenvalue weighted by Crippen LogP contribution is -2.39. The van der Waals surface area contributed by atoms with Gasteiger partial charge in [0, 0.05) is 28.5 Å². The SMILES string of the molecule is CCC(C)N(CC(=O)Nc1ccc(-c2ccccc2S(N)(=O)=O)cc1)c1cccc(C(=N)N)c1. The summed E-state index contributed by atoms with van der Waals surface area (Å²) in [5.41, 5.74) is 8.79. The third kappa shape index (κ3) is 6.00. The van der Waals surface area contributed by atoms with Crippen LogP contribution in [0.2, 0.25) is 0 Å². The van der Waals surface area contributed by atoms with Crippen LogP contribution in [-0.4, -0.2) is 32.7 Å². The number of nitrogens with zero attached hydrogens (tertiary/aromatic N) is 1. The molecule has 3 aromatic rings. The highest BCUT2D eigenvalue weighted by Gasteiger charge is 2.18. The van der Waals surface area contributed by atoms with Crippen LogP contribution < -0.4 is 21.1 Å². The highest BCUT2D eigenvalue weighted by atomic mass is 32.2. The molecule has 0 saturated carbocycles. The molecule has 6 N–H and O–H groups in total. The van der Waals surface area contributed by atoms with E-state index in [4.69, 9.17) is 16.3 Å². The van der Waals surface area contributed by atoms with Gasteiger partial charge in [0.2, 0.25) is 15.9 Å². The first-order valence-corrected chi connectivity index (χ1v) is 12.4. The van der Waals surface area contributed by atoms with Crippen LogP contribution in [0.5, 0.6) is 0 Å². The molecule has 1 atom stereocenters. The van der Waals surface area contributed by atoms with Crippen molar-refractivity contribution in [2.75, 3.05) is 16.8 Å². The summed E-state index contributed by atoms with van der Waals surface area (Å²) >= 11 is 0. The van der Waals surface area contributed by atoms with Gasteiger partial charge in [-0.15, -0.1) is 0 Å². The Balaban J connectivity index is 1.78.